The first kappa shape index (κ1) is 9.24. The molecule has 0 aromatic carbocycles. The predicted molar refractivity (Wildman–Crippen MR) is 59.5 cm³/mol. The Labute approximate surface area is 88.5 Å². The van der Waals surface area contributed by atoms with E-state index in [0.717, 1.165) is 23.7 Å². The van der Waals surface area contributed by atoms with Crippen LogP contribution in [-0.2, 0) is 0 Å². The molecule has 3 saturated carbocycles. The summed E-state index contributed by atoms with van der Waals surface area (Å²) in [5.41, 5.74) is 0. The van der Waals surface area contributed by atoms with Gasteiger partial charge in [-0.2, -0.15) is 0 Å². The van der Waals surface area contributed by atoms with Crippen molar-refractivity contribution in [3.05, 3.63) is 12.8 Å². The van der Waals surface area contributed by atoms with Crippen molar-refractivity contribution in [3.8, 4) is 0 Å². The van der Waals surface area contributed by atoms with E-state index in [1.807, 2.05) is 0 Å². The summed E-state index contributed by atoms with van der Waals surface area (Å²) in [6.07, 6.45) is 16.9. The number of rotatable bonds is 0. The first-order valence-electron chi connectivity index (χ1n) is 6.58. The number of fused-ring (bicyclic) bond motifs is 3. The third-order valence-corrected chi connectivity index (χ3v) is 5.02. The minimum absolute atomic E-state index is 1.09. The van der Waals surface area contributed by atoms with Crippen LogP contribution in [0.5, 0.6) is 0 Å². The monoisotopic (exact) mass is 190 g/mol. The van der Waals surface area contributed by atoms with Crippen LogP contribution in [-0.4, -0.2) is 0 Å². The lowest BCUT2D eigenvalue weighted by atomic mass is 9.58. The second-order valence-corrected chi connectivity index (χ2v) is 5.63. The summed E-state index contributed by atoms with van der Waals surface area (Å²) in [7, 11) is 0. The zero-order valence-corrected chi connectivity index (χ0v) is 9.12. The summed E-state index contributed by atoms with van der Waals surface area (Å²) in [5.74, 6) is 4.41. The third-order valence-electron chi connectivity index (χ3n) is 5.02. The Balaban J connectivity index is 1.74. The second-order valence-electron chi connectivity index (χ2n) is 5.63. The summed E-state index contributed by atoms with van der Waals surface area (Å²) in [6, 6.07) is 0. The van der Waals surface area contributed by atoms with Gasteiger partial charge < -0.3 is 0 Å². The highest BCUT2D eigenvalue weighted by Gasteiger charge is 2.40. The van der Waals surface area contributed by atoms with Gasteiger partial charge >= 0.3 is 0 Å². The highest BCUT2D eigenvalue weighted by Crippen LogP contribution is 2.50. The molecule has 4 atom stereocenters. The van der Waals surface area contributed by atoms with Gasteiger partial charge in [0.05, 0.1) is 0 Å². The molecule has 0 N–H and O–H groups in total. The van der Waals surface area contributed by atoms with E-state index in [4.69, 9.17) is 0 Å². The molecule has 0 aromatic rings. The molecule has 0 heterocycles. The molecule has 0 bridgehead atoms. The van der Waals surface area contributed by atoms with E-state index >= 15 is 0 Å². The molecule has 3 aliphatic carbocycles. The zero-order chi connectivity index (χ0) is 9.38. The Morgan fingerprint density at radius 3 is 1.64 bits per heavy atom. The van der Waals surface area contributed by atoms with Gasteiger partial charge in [0.25, 0.3) is 0 Å². The van der Waals surface area contributed by atoms with Gasteiger partial charge in [-0.05, 0) is 87.9 Å². The van der Waals surface area contributed by atoms with Crippen LogP contribution in [0.2, 0.25) is 0 Å². The largest absolute Gasteiger partial charge is 0.0499 e. The molecule has 0 amide bonds. The lowest BCUT2D eigenvalue weighted by Gasteiger charge is -2.47. The van der Waals surface area contributed by atoms with E-state index < -0.39 is 0 Å². The molecule has 0 heteroatoms. The van der Waals surface area contributed by atoms with Crippen molar-refractivity contribution in [1.29, 1.82) is 0 Å². The van der Waals surface area contributed by atoms with Crippen LogP contribution >= 0.6 is 0 Å². The number of hydrogen-bond acceptors (Lipinski definition) is 0. The Kier molecular flexibility index (Phi) is 2.55. The maximum Gasteiger partial charge on any atom is -0.0355 e. The zero-order valence-electron chi connectivity index (χ0n) is 9.12. The van der Waals surface area contributed by atoms with Crippen molar-refractivity contribution in [2.24, 2.45) is 23.7 Å². The van der Waals surface area contributed by atoms with Crippen LogP contribution in [0, 0.1) is 36.5 Å². The maximum atomic E-state index is 2.55. The molecule has 0 saturated heterocycles. The van der Waals surface area contributed by atoms with Crippen molar-refractivity contribution in [1.82, 2.24) is 0 Å². The average Bonchev–Trinajstić information content (AvgIpc) is 2.29. The highest BCUT2D eigenvalue weighted by atomic mass is 14.5. The van der Waals surface area contributed by atoms with E-state index in [1.54, 1.807) is 0 Å². The molecule has 3 aliphatic rings. The van der Waals surface area contributed by atoms with Crippen molar-refractivity contribution < 1.29 is 0 Å². The fourth-order valence-corrected chi connectivity index (χ4v) is 4.32. The van der Waals surface area contributed by atoms with Crippen molar-refractivity contribution in [2.75, 3.05) is 0 Å². The molecule has 0 aliphatic heterocycles. The summed E-state index contributed by atoms with van der Waals surface area (Å²) in [4.78, 5) is 0. The summed E-state index contributed by atoms with van der Waals surface area (Å²) >= 11 is 0. The summed E-state index contributed by atoms with van der Waals surface area (Å²) in [6.45, 7) is 0. The molecule has 2 radical (unpaired) electrons. The highest BCUT2D eigenvalue weighted by molar-refractivity contribution is 4.97. The van der Waals surface area contributed by atoms with E-state index in [-0.39, 0.29) is 0 Å². The molecule has 78 valence electrons. The Hall–Kier alpha value is 0. The van der Waals surface area contributed by atoms with Crippen molar-refractivity contribution >= 4 is 0 Å². The normalized spacial score (nSPS) is 48.0. The Bertz CT molecular complexity index is 174. The van der Waals surface area contributed by atoms with Crippen LogP contribution in [0.3, 0.4) is 0 Å². The number of hydrogen-bond donors (Lipinski definition) is 0. The molecular formula is C14H22. The van der Waals surface area contributed by atoms with Crippen LogP contribution in [0.4, 0.5) is 0 Å². The van der Waals surface area contributed by atoms with Gasteiger partial charge in [-0.3, -0.25) is 0 Å². The van der Waals surface area contributed by atoms with E-state index in [0.29, 0.717) is 0 Å². The lowest BCUT2D eigenvalue weighted by Crippen LogP contribution is -2.38. The fourth-order valence-electron chi connectivity index (χ4n) is 4.32. The fraction of sp³-hybridized carbons (Fsp3) is 0.857. The minimum Gasteiger partial charge on any atom is -0.0499 e. The van der Waals surface area contributed by atoms with Gasteiger partial charge in [-0.25, -0.2) is 0 Å². The quantitative estimate of drug-likeness (QED) is 0.541. The molecule has 14 heavy (non-hydrogen) atoms. The standard InChI is InChI=1S/C14H22/c1-3-7-13-11(5-1)9-10-12-6-2-4-8-14(12)13/h1-2,11-14H,3-10H2/t11-,12?,13+,14?/m0/s1. The smallest absolute Gasteiger partial charge is 0.0355 e. The molecule has 0 aromatic heterocycles. The van der Waals surface area contributed by atoms with Gasteiger partial charge in [0, 0.05) is 0 Å². The summed E-state index contributed by atoms with van der Waals surface area (Å²) < 4.78 is 0. The molecule has 3 fully saturated rings. The first-order chi connectivity index (χ1) is 6.95. The lowest BCUT2D eigenvalue weighted by molar-refractivity contribution is 0.0493. The molecular weight excluding hydrogens is 168 g/mol. The van der Waals surface area contributed by atoms with Gasteiger partial charge in [-0.15, -0.1) is 0 Å². The minimum atomic E-state index is 1.09. The maximum absolute atomic E-state index is 2.55. The molecule has 0 spiro atoms. The van der Waals surface area contributed by atoms with Gasteiger partial charge in [-0.1, -0.05) is 0 Å². The van der Waals surface area contributed by atoms with Crippen LogP contribution in [0.25, 0.3) is 0 Å². The van der Waals surface area contributed by atoms with Gasteiger partial charge in [0.2, 0.25) is 0 Å². The van der Waals surface area contributed by atoms with Crippen LogP contribution in [0.15, 0.2) is 0 Å². The second kappa shape index (κ2) is 3.87. The first-order valence-corrected chi connectivity index (χ1v) is 6.58. The van der Waals surface area contributed by atoms with Crippen LogP contribution < -0.4 is 0 Å². The van der Waals surface area contributed by atoms with Crippen molar-refractivity contribution in [3.63, 3.8) is 0 Å². The molecule has 2 unspecified atom stereocenters. The SMILES string of the molecule is [CH]1CCC2C(C1)CC[C@@H]1C[CH]CC[C@@H]21. The van der Waals surface area contributed by atoms with Gasteiger partial charge in [0.1, 0.15) is 0 Å². The van der Waals surface area contributed by atoms with Crippen molar-refractivity contribution in [2.45, 2.75) is 51.4 Å². The topological polar surface area (TPSA) is 0 Å². The Morgan fingerprint density at radius 2 is 1.14 bits per heavy atom. The molecule has 3 rings (SSSR count). The average molecular weight is 190 g/mol. The van der Waals surface area contributed by atoms with Crippen LogP contribution in [0.1, 0.15) is 51.4 Å². The predicted octanol–water partition coefficient (Wildman–Crippen LogP) is 4.02. The Morgan fingerprint density at radius 1 is 0.643 bits per heavy atom. The van der Waals surface area contributed by atoms with Gasteiger partial charge in [0.15, 0.2) is 0 Å². The molecule has 0 nitrogen and oxygen atoms in total. The third kappa shape index (κ3) is 1.51. The van der Waals surface area contributed by atoms with E-state index in [2.05, 4.69) is 12.8 Å². The summed E-state index contributed by atoms with van der Waals surface area (Å²) in [5, 5.41) is 0. The van der Waals surface area contributed by atoms with E-state index in [1.165, 1.54) is 51.4 Å². The van der Waals surface area contributed by atoms with E-state index in [9.17, 15) is 0 Å².